The molecule has 136 valence electrons. The van der Waals surface area contributed by atoms with Gasteiger partial charge in [0.05, 0.1) is 17.5 Å². The van der Waals surface area contributed by atoms with Crippen molar-refractivity contribution in [1.82, 2.24) is 9.29 Å². The average Bonchev–Trinajstić information content (AvgIpc) is 3.01. The van der Waals surface area contributed by atoms with E-state index in [1.54, 1.807) is 17.5 Å². The molecule has 0 unspecified atom stereocenters. The lowest BCUT2D eigenvalue weighted by Crippen LogP contribution is -2.36. The third-order valence-electron chi connectivity index (χ3n) is 5.12. The molecule has 3 aromatic rings. The van der Waals surface area contributed by atoms with E-state index in [1.807, 2.05) is 44.2 Å². The fourth-order valence-corrected chi connectivity index (χ4v) is 5.40. The number of sulfonamides is 1. The summed E-state index contributed by atoms with van der Waals surface area (Å²) in [6.07, 6.45) is 0.664. The van der Waals surface area contributed by atoms with Crippen LogP contribution in [-0.4, -0.2) is 31.4 Å². The summed E-state index contributed by atoms with van der Waals surface area (Å²) in [7, 11) is -1.89. The molecular formula is C20H22N2O3S. The lowest BCUT2D eigenvalue weighted by molar-refractivity contribution is 0.391. The molecule has 6 heteroatoms. The fourth-order valence-electron chi connectivity index (χ4n) is 3.69. The quantitative estimate of drug-likeness (QED) is 0.767. The molecule has 0 atom stereocenters. The SMILES string of the molecule is COc1cccc2c3c([nH]c12)CCN(S(=O)(=O)c1cc(C)ccc1C)C3. The van der Waals surface area contributed by atoms with Crippen LogP contribution in [0.25, 0.3) is 10.9 Å². The van der Waals surface area contributed by atoms with E-state index in [-0.39, 0.29) is 0 Å². The first-order chi connectivity index (χ1) is 12.4. The number of fused-ring (bicyclic) bond motifs is 3. The molecule has 4 rings (SSSR count). The Kier molecular flexibility index (Phi) is 4.04. The maximum Gasteiger partial charge on any atom is 0.243 e. The van der Waals surface area contributed by atoms with Gasteiger partial charge >= 0.3 is 0 Å². The van der Waals surface area contributed by atoms with Crippen molar-refractivity contribution in [1.29, 1.82) is 0 Å². The maximum absolute atomic E-state index is 13.2. The number of aromatic nitrogens is 1. The summed E-state index contributed by atoms with van der Waals surface area (Å²) in [5.74, 6) is 0.779. The Bertz CT molecular complexity index is 1100. The first-order valence-corrected chi connectivity index (χ1v) is 10.1. The number of aromatic amines is 1. The van der Waals surface area contributed by atoms with Gasteiger partial charge in [0.15, 0.2) is 0 Å². The number of hydrogen-bond acceptors (Lipinski definition) is 3. The van der Waals surface area contributed by atoms with Crippen LogP contribution in [0.5, 0.6) is 5.75 Å². The molecule has 1 aromatic heterocycles. The lowest BCUT2D eigenvalue weighted by atomic mass is 10.1. The number of ether oxygens (including phenoxy) is 1. The monoisotopic (exact) mass is 370 g/mol. The molecule has 0 fully saturated rings. The highest BCUT2D eigenvalue weighted by atomic mass is 32.2. The Labute approximate surface area is 153 Å². The number of aryl methyl sites for hydroxylation is 2. The van der Waals surface area contributed by atoms with Crippen LogP contribution in [0.1, 0.15) is 22.4 Å². The first-order valence-electron chi connectivity index (χ1n) is 8.65. The molecule has 26 heavy (non-hydrogen) atoms. The number of H-pyrrole nitrogens is 1. The molecule has 0 spiro atoms. The van der Waals surface area contributed by atoms with E-state index in [1.165, 1.54) is 0 Å². The van der Waals surface area contributed by atoms with Crippen molar-refractivity contribution in [2.75, 3.05) is 13.7 Å². The van der Waals surface area contributed by atoms with Gasteiger partial charge in [0.2, 0.25) is 10.0 Å². The van der Waals surface area contributed by atoms with Crippen molar-refractivity contribution in [2.24, 2.45) is 0 Å². The predicted octanol–water partition coefficient (Wildman–Crippen LogP) is 3.54. The third kappa shape index (κ3) is 2.61. The van der Waals surface area contributed by atoms with Crippen LogP contribution >= 0.6 is 0 Å². The van der Waals surface area contributed by atoms with Crippen molar-refractivity contribution in [3.63, 3.8) is 0 Å². The van der Waals surface area contributed by atoms with Crippen LogP contribution in [-0.2, 0) is 23.0 Å². The zero-order valence-electron chi connectivity index (χ0n) is 15.2. The van der Waals surface area contributed by atoms with E-state index in [2.05, 4.69) is 4.98 Å². The molecule has 0 aliphatic carbocycles. The van der Waals surface area contributed by atoms with Crippen molar-refractivity contribution in [3.05, 3.63) is 58.8 Å². The number of nitrogens with one attached hydrogen (secondary N) is 1. The Balaban J connectivity index is 1.78. The molecule has 1 N–H and O–H groups in total. The van der Waals surface area contributed by atoms with Gasteiger partial charge in [-0.25, -0.2) is 8.42 Å². The van der Waals surface area contributed by atoms with Gasteiger partial charge < -0.3 is 9.72 Å². The van der Waals surface area contributed by atoms with E-state index in [0.717, 1.165) is 39.0 Å². The largest absolute Gasteiger partial charge is 0.495 e. The normalized spacial score (nSPS) is 15.2. The van der Waals surface area contributed by atoms with Gasteiger partial charge in [0.1, 0.15) is 5.75 Å². The van der Waals surface area contributed by atoms with Crippen LogP contribution in [0, 0.1) is 13.8 Å². The summed E-state index contributed by atoms with van der Waals surface area (Å²) in [5.41, 5.74) is 4.80. The second-order valence-corrected chi connectivity index (χ2v) is 8.73. The molecule has 5 nitrogen and oxygen atoms in total. The standard InChI is InChI=1S/C20H22N2O3S/c1-13-7-8-14(2)19(11-13)26(23,24)22-10-9-17-16(12-22)15-5-4-6-18(25-3)20(15)21-17/h4-8,11,21H,9-10,12H2,1-3H3. The zero-order valence-corrected chi connectivity index (χ0v) is 16.0. The van der Waals surface area contributed by atoms with Crippen molar-refractivity contribution in [2.45, 2.75) is 31.7 Å². The topological polar surface area (TPSA) is 62.4 Å². The molecular weight excluding hydrogens is 348 g/mol. The molecule has 1 aliphatic heterocycles. The number of rotatable bonds is 3. The summed E-state index contributed by atoms with van der Waals surface area (Å²) < 4.78 is 33.5. The Morgan fingerprint density at radius 3 is 2.73 bits per heavy atom. The van der Waals surface area contributed by atoms with Crippen molar-refractivity contribution in [3.8, 4) is 5.75 Å². The van der Waals surface area contributed by atoms with Gasteiger partial charge in [-0.3, -0.25) is 0 Å². The maximum atomic E-state index is 13.2. The zero-order chi connectivity index (χ0) is 18.5. The first kappa shape index (κ1) is 17.1. The van der Waals surface area contributed by atoms with Crippen molar-refractivity contribution < 1.29 is 13.2 Å². The third-order valence-corrected chi connectivity index (χ3v) is 7.11. The minimum atomic E-state index is -3.53. The molecule has 0 radical (unpaired) electrons. The number of hydrogen-bond donors (Lipinski definition) is 1. The van der Waals surface area contributed by atoms with Crippen LogP contribution in [0.2, 0.25) is 0 Å². The van der Waals surface area contributed by atoms with Crippen LogP contribution < -0.4 is 4.74 Å². The minimum absolute atomic E-state index is 0.373. The Morgan fingerprint density at radius 1 is 1.15 bits per heavy atom. The highest BCUT2D eigenvalue weighted by Gasteiger charge is 2.31. The average molecular weight is 370 g/mol. The number of nitrogens with zero attached hydrogens (tertiary/aromatic N) is 1. The Hall–Kier alpha value is -2.31. The lowest BCUT2D eigenvalue weighted by Gasteiger charge is -2.27. The summed E-state index contributed by atoms with van der Waals surface area (Å²) in [6.45, 7) is 4.60. The molecule has 1 aliphatic rings. The van der Waals surface area contributed by atoms with E-state index in [9.17, 15) is 8.42 Å². The highest BCUT2D eigenvalue weighted by molar-refractivity contribution is 7.89. The summed E-state index contributed by atoms with van der Waals surface area (Å²) in [4.78, 5) is 3.82. The van der Waals surface area contributed by atoms with Crippen LogP contribution in [0.3, 0.4) is 0 Å². The molecule has 2 heterocycles. The number of benzene rings is 2. The molecule has 0 saturated heterocycles. The van der Waals surface area contributed by atoms with Crippen LogP contribution in [0.4, 0.5) is 0 Å². The second-order valence-electron chi connectivity index (χ2n) is 6.82. The molecule has 0 bridgehead atoms. The minimum Gasteiger partial charge on any atom is -0.495 e. The number of methoxy groups -OCH3 is 1. The van der Waals surface area contributed by atoms with Gasteiger partial charge in [-0.2, -0.15) is 4.31 Å². The van der Waals surface area contributed by atoms with Gasteiger partial charge in [0.25, 0.3) is 0 Å². The van der Waals surface area contributed by atoms with E-state index >= 15 is 0 Å². The Morgan fingerprint density at radius 2 is 1.96 bits per heavy atom. The number of para-hydroxylation sites is 1. The van der Waals surface area contributed by atoms with Crippen LogP contribution in [0.15, 0.2) is 41.3 Å². The predicted molar refractivity (Wildman–Crippen MR) is 102 cm³/mol. The second kappa shape index (κ2) is 6.14. The summed E-state index contributed by atoms with van der Waals surface area (Å²) in [5, 5.41) is 1.03. The van der Waals surface area contributed by atoms with E-state index in [0.29, 0.717) is 24.4 Å². The van der Waals surface area contributed by atoms with E-state index in [4.69, 9.17) is 4.74 Å². The van der Waals surface area contributed by atoms with Gasteiger partial charge in [-0.15, -0.1) is 0 Å². The van der Waals surface area contributed by atoms with E-state index < -0.39 is 10.0 Å². The van der Waals surface area contributed by atoms with Gasteiger partial charge in [-0.05, 0) is 42.7 Å². The smallest absolute Gasteiger partial charge is 0.243 e. The molecule has 0 amide bonds. The summed E-state index contributed by atoms with van der Waals surface area (Å²) >= 11 is 0. The molecule has 0 saturated carbocycles. The fraction of sp³-hybridized carbons (Fsp3) is 0.300. The van der Waals surface area contributed by atoms with Gasteiger partial charge in [0, 0.05) is 30.6 Å². The van der Waals surface area contributed by atoms with Gasteiger partial charge in [-0.1, -0.05) is 24.3 Å². The molecule has 2 aromatic carbocycles. The summed E-state index contributed by atoms with van der Waals surface area (Å²) in [6, 6.07) is 11.4. The highest BCUT2D eigenvalue weighted by Crippen LogP contribution is 2.34. The van der Waals surface area contributed by atoms with Crippen molar-refractivity contribution >= 4 is 20.9 Å².